The number of hydrogen-bond acceptors (Lipinski definition) is 5. The van der Waals surface area contributed by atoms with Crippen molar-refractivity contribution < 1.29 is 14.4 Å². The highest BCUT2D eigenvalue weighted by atomic mass is 32.1. The van der Waals surface area contributed by atoms with Crippen molar-refractivity contribution in [2.24, 2.45) is 0 Å². The van der Waals surface area contributed by atoms with Gasteiger partial charge in [0.1, 0.15) is 12.1 Å². The number of amides is 4. The first kappa shape index (κ1) is 21.8. The zero-order chi connectivity index (χ0) is 24.0. The SMILES string of the molecule is Cc1ccc(C2(C)NC(=O)N(CC(=O)Nc3nc(-c4c(C)[nH]c5ccccc45)cs3)C2=O)cc1. The average molecular weight is 474 g/mol. The molecule has 3 heterocycles. The Morgan fingerprint density at radius 2 is 1.85 bits per heavy atom. The van der Waals surface area contributed by atoms with Gasteiger partial charge in [0.15, 0.2) is 5.13 Å². The number of aromatic nitrogens is 2. The van der Waals surface area contributed by atoms with Crippen molar-refractivity contribution in [2.75, 3.05) is 11.9 Å². The molecule has 1 atom stereocenters. The number of para-hydroxylation sites is 1. The molecular formula is C25H23N5O3S. The minimum atomic E-state index is -1.22. The van der Waals surface area contributed by atoms with Crippen LogP contribution in [-0.2, 0) is 15.1 Å². The van der Waals surface area contributed by atoms with Crippen LogP contribution in [0.2, 0.25) is 0 Å². The van der Waals surface area contributed by atoms with Gasteiger partial charge in [0, 0.05) is 27.5 Å². The molecule has 0 bridgehead atoms. The third-order valence-electron chi connectivity index (χ3n) is 6.11. The van der Waals surface area contributed by atoms with Gasteiger partial charge in [-0.1, -0.05) is 48.0 Å². The number of aromatic amines is 1. The topological polar surface area (TPSA) is 107 Å². The number of thiazole rings is 1. The fourth-order valence-corrected chi connectivity index (χ4v) is 5.00. The number of urea groups is 1. The van der Waals surface area contributed by atoms with E-state index in [4.69, 9.17) is 0 Å². The van der Waals surface area contributed by atoms with Crippen LogP contribution in [0, 0.1) is 13.8 Å². The number of nitrogens with one attached hydrogen (secondary N) is 3. The zero-order valence-corrected chi connectivity index (χ0v) is 19.7. The van der Waals surface area contributed by atoms with Crippen molar-refractivity contribution in [1.82, 2.24) is 20.2 Å². The first-order valence-corrected chi connectivity index (χ1v) is 11.7. The molecule has 4 aromatic rings. The number of fused-ring (bicyclic) bond motifs is 1. The summed E-state index contributed by atoms with van der Waals surface area (Å²) in [6.07, 6.45) is 0. The van der Waals surface area contributed by atoms with Gasteiger partial charge in [0.2, 0.25) is 5.91 Å². The maximum atomic E-state index is 13.1. The molecule has 1 aliphatic rings. The number of anilines is 1. The Labute approximate surface area is 200 Å². The Morgan fingerprint density at radius 3 is 2.62 bits per heavy atom. The molecule has 1 fully saturated rings. The van der Waals surface area contributed by atoms with Gasteiger partial charge in [-0.05, 0) is 32.4 Å². The molecule has 9 heteroatoms. The van der Waals surface area contributed by atoms with Crippen LogP contribution in [0.15, 0.2) is 53.9 Å². The fraction of sp³-hybridized carbons (Fsp3) is 0.200. The van der Waals surface area contributed by atoms with Crippen molar-refractivity contribution in [2.45, 2.75) is 26.3 Å². The summed E-state index contributed by atoms with van der Waals surface area (Å²) in [6, 6.07) is 14.7. The summed E-state index contributed by atoms with van der Waals surface area (Å²) in [4.78, 5) is 47.2. The van der Waals surface area contributed by atoms with Crippen molar-refractivity contribution >= 4 is 45.2 Å². The normalized spacial score (nSPS) is 17.9. The Morgan fingerprint density at radius 1 is 1.12 bits per heavy atom. The van der Waals surface area contributed by atoms with E-state index in [0.717, 1.165) is 38.3 Å². The lowest BCUT2D eigenvalue weighted by molar-refractivity contribution is -0.133. The minimum Gasteiger partial charge on any atom is -0.358 e. The lowest BCUT2D eigenvalue weighted by atomic mass is 9.91. The highest BCUT2D eigenvalue weighted by Crippen LogP contribution is 2.34. The van der Waals surface area contributed by atoms with Gasteiger partial charge in [0.25, 0.3) is 5.91 Å². The molecule has 4 amide bonds. The van der Waals surface area contributed by atoms with E-state index in [1.165, 1.54) is 11.3 Å². The average Bonchev–Trinajstić information content (AvgIpc) is 3.45. The summed E-state index contributed by atoms with van der Waals surface area (Å²) in [5.41, 5.74) is 4.23. The molecule has 172 valence electrons. The van der Waals surface area contributed by atoms with Gasteiger partial charge in [-0.15, -0.1) is 11.3 Å². The molecule has 0 saturated carbocycles. The molecule has 8 nitrogen and oxygen atoms in total. The zero-order valence-electron chi connectivity index (χ0n) is 18.9. The largest absolute Gasteiger partial charge is 0.358 e. The van der Waals surface area contributed by atoms with Gasteiger partial charge in [-0.3, -0.25) is 14.5 Å². The van der Waals surface area contributed by atoms with E-state index in [9.17, 15) is 14.4 Å². The maximum absolute atomic E-state index is 13.1. The van der Waals surface area contributed by atoms with E-state index < -0.39 is 29.9 Å². The summed E-state index contributed by atoms with van der Waals surface area (Å²) >= 11 is 1.29. The van der Waals surface area contributed by atoms with E-state index in [1.54, 1.807) is 19.1 Å². The van der Waals surface area contributed by atoms with Crippen LogP contribution in [0.1, 0.15) is 23.7 Å². The number of benzene rings is 2. The van der Waals surface area contributed by atoms with Crippen molar-refractivity contribution in [1.29, 1.82) is 0 Å². The third kappa shape index (κ3) is 3.63. The third-order valence-corrected chi connectivity index (χ3v) is 6.86. The molecule has 0 aliphatic carbocycles. The van der Waals surface area contributed by atoms with Gasteiger partial charge in [-0.25, -0.2) is 9.78 Å². The molecule has 3 N–H and O–H groups in total. The van der Waals surface area contributed by atoms with Gasteiger partial charge in [0.05, 0.1) is 5.69 Å². The summed E-state index contributed by atoms with van der Waals surface area (Å²) in [7, 11) is 0. The number of carbonyl (C=O) groups excluding carboxylic acids is 3. The van der Waals surface area contributed by atoms with Gasteiger partial charge >= 0.3 is 6.03 Å². The van der Waals surface area contributed by atoms with Crippen LogP contribution in [0.5, 0.6) is 0 Å². The van der Waals surface area contributed by atoms with Crippen LogP contribution < -0.4 is 10.6 Å². The lowest BCUT2D eigenvalue weighted by Crippen LogP contribution is -2.42. The van der Waals surface area contributed by atoms with E-state index in [0.29, 0.717) is 10.7 Å². The van der Waals surface area contributed by atoms with Crippen molar-refractivity contribution in [3.05, 3.63) is 70.7 Å². The number of nitrogens with zero attached hydrogens (tertiary/aromatic N) is 2. The molecular weight excluding hydrogens is 450 g/mol. The maximum Gasteiger partial charge on any atom is 0.325 e. The van der Waals surface area contributed by atoms with E-state index in [2.05, 4.69) is 20.6 Å². The van der Waals surface area contributed by atoms with Crippen LogP contribution in [0.4, 0.5) is 9.93 Å². The minimum absolute atomic E-state index is 0.396. The first-order valence-electron chi connectivity index (χ1n) is 10.8. The van der Waals surface area contributed by atoms with Gasteiger partial charge in [-0.2, -0.15) is 0 Å². The van der Waals surface area contributed by atoms with Crippen molar-refractivity contribution in [3.63, 3.8) is 0 Å². The monoisotopic (exact) mass is 473 g/mol. The predicted octanol–water partition coefficient (Wildman–Crippen LogP) is 4.31. The molecule has 2 aromatic heterocycles. The van der Waals surface area contributed by atoms with Crippen LogP contribution in [0.25, 0.3) is 22.2 Å². The highest BCUT2D eigenvalue weighted by Gasteiger charge is 2.49. The number of carbonyl (C=O) groups is 3. The molecule has 1 aliphatic heterocycles. The quantitative estimate of drug-likeness (QED) is 0.375. The molecule has 0 radical (unpaired) electrons. The second-order valence-corrected chi connectivity index (χ2v) is 9.43. The number of imide groups is 1. The number of hydrogen-bond donors (Lipinski definition) is 3. The summed E-state index contributed by atoms with van der Waals surface area (Å²) in [6.45, 7) is 5.18. The first-order chi connectivity index (χ1) is 16.3. The fourth-order valence-electron chi connectivity index (χ4n) is 4.28. The smallest absolute Gasteiger partial charge is 0.325 e. The Hall–Kier alpha value is -3.98. The lowest BCUT2D eigenvalue weighted by Gasteiger charge is -2.22. The molecule has 5 rings (SSSR count). The number of rotatable bonds is 5. The standard InChI is InChI=1S/C25H23N5O3S/c1-14-8-10-16(11-9-14)25(3)22(32)30(24(33)29-25)12-20(31)28-23-27-19(13-34-23)21-15(2)26-18-7-5-4-6-17(18)21/h4-11,13,26H,12H2,1-3H3,(H,29,33)(H,27,28,31). The summed E-state index contributed by atoms with van der Waals surface area (Å²) in [5.74, 6) is -0.959. The van der Waals surface area contributed by atoms with Crippen LogP contribution in [0.3, 0.4) is 0 Å². The molecule has 0 spiro atoms. The van der Waals surface area contributed by atoms with E-state index >= 15 is 0 Å². The van der Waals surface area contributed by atoms with Gasteiger partial charge < -0.3 is 15.6 Å². The number of aryl methyl sites for hydroxylation is 2. The second-order valence-electron chi connectivity index (χ2n) is 8.57. The Bertz CT molecular complexity index is 1440. The van der Waals surface area contributed by atoms with E-state index in [-0.39, 0.29) is 0 Å². The molecule has 2 aromatic carbocycles. The summed E-state index contributed by atoms with van der Waals surface area (Å²) < 4.78 is 0. The second kappa shape index (κ2) is 8.11. The Kier molecular flexibility index (Phi) is 5.21. The molecule has 1 saturated heterocycles. The summed E-state index contributed by atoms with van der Waals surface area (Å²) in [5, 5.41) is 8.77. The van der Waals surface area contributed by atoms with E-state index in [1.807, 2.05) is 55.6 Å². The predicted molar refractivity (Wildman–Crippen MR) is 132 cm³/mol. The highest BCUT2D eigenvalue weighted by molar-refractivity contribution is 7.14. The molecule has 34 heavy (non-hydrogen) atoms. The van der Waals surface area contributed by atoms with Crippen LogP contribution in [-0.4, -0.2) is 39.3 Å². The Balaban J connectivity index is 1.31. The number of H-pyrrole nitrogens is 1. The van der Waals surface area contributed by atoms with Crippen LogP contribution >= 0.6 is 11.3 Å². The van der Waals surface area contributed by atoms with Crippen molar-refractivity contribution in [3.8, 4) is 11.3 Å². The molecule has 1 unspecified atom stereocenters.